The highest BCUT2D eigenvalue weighted by atomic mass is 35.5. The van der Waals surface area contributed by atoms with Gasteiger partial charge in [0.15, 0.2) is 0 Å². The number of halogens is 2. The minimum Gasteiger partial charge on any atom is -0.340 e. The van der Waals surface area contributed by atoms with Gasteiger partial charge in [-0.3, -0.25) is 9.69 Å². The zero-order valence-corrected chi connectivity index (χ0v) is 17.1. The van der Waals surface area contributed by atoms with Crippen molar-refractivity contribution in [3.8, 4) is 0 Å². The summed E-state index contributed by atoms with van der Waals surface area (Å²) < 4.78 is 0. The van der Waals surface area contributed by atoms with Crippen LogP contribution in [0.4, 0.5) is 0 Å². The smallest absolute Gasteiger partial charge is 0.233 e. The Morgan fingerprint density at radius 1 is 0.926 bits per heavy atom. The number of piperidine rings is 1. The van der Waals surface area contributed by atoms with Crippen LogP contribution in [0.2, 0.25) is 10.0 Å². The number of nitrogens with one attached hydrogen (secondary N) is 1. The lowest BCUT2D eigenvalue weighted by Gasteiger charge is -2.35. The molecule has 1 aliphatic heterocycles. The minimum absolute atomic E-state index is 0.0112. The average Bonchev–Trinajstić information content (AvgIpc) is 2.70. The van der Waals surface area contributed by atoms with E-state index in [2.05, 4.69) is 17.1 Å². The van der Waals surface area contributed by atoms with E-state index in [1.807, 2.05) is 48.5 Å². The second-order valence-electron chi connectivity index (χ2n) is 7.07. The first-order chi connectivity index (χ1) is 13.1. The van der Waals surface area contributed by atoms with Gasteiger partial charge in [0.1, 0.15) is 0 Å². The normalized spacial score (nSPS) is 16.3. The minimum atomic E-state index is -0.390. The molecule has 5 heteroatoms. The van der Waals surface area contributed by atoms with Crippen LogP contribution in [0, 0.1) is 0 Å². The van der Waals surface area contributed by atoms with Gasteiger partial charge < -0.3 is 5.32 Å². The number of hydrogen-bond donors (Lipinski definition) is 1. The van der Waals surface area contributed by atoms with Gasteiger partial charge in [-0.05, 0) is 54.7 Å². The Bertz CT molecular complexity index is 694. The van der Waals surface area contributed by atoms with E-state index in [1.54, 1.807) is 0 Å². The number of rotatable bonds is 6. The van der Waals surface area contributed by atoms with E-state index in [4.69, 9.17) is 23.2 Å². The van der Waals surface area contributed by atoms with Crippen molar-refractivity contribution in [2.75, 3.05) is 13.1 Å². The van der Waals surface area contributed by atoms with Crippen molar-refractivity contribution in [3.05, 3.63) is 69.7 Å². The Balaban J connectivity index is 1.85. The van der Waals surface area contributed by atoms with Gasteiger partial charge in [0.05, 0.1) is 12.1 Å². The molecule has 2 aromatic carbocycles. The largest absolute Gasteiger partial charge is 0.340 e. The summed E-state index contributed by atoms with van der Waals surface area (Å²) in [5, 5.41) is 4.61. The monoisotopic (exact) mass is 404 g/mol. The van der Waals surface area contributed by atoms with Crippen LogP contribution in [0.5, 0.6) is 0 Å². The molecule has 1 unspecified atom stereocenters. The Kier molecular flexibility index (Phi) is 7.17. The predicted molar refractivity (Wildman–Crippen MR) is 112 cm³/mol. The molecule has 2 aromatic rings. The third kappa shape index (κ3) is 5.25. The van der Waals surface area contributed by atoms with Crippen LogP contribution in [0.1, 0.15) is 49.7 Å². The Morgan fingerprint density at radius 3 is 1.85 bits per heavy atom. The van der Waals surface area contributed by atoms with Crippen molar-refractivity contribution < 1.29 is 4.79 Å². The molecule has 1 atom stereocenters. The summed E-state index contributed by atoms with van der Waals surface area (Å²) in [4.78, 5) is 15.7. The molecular weight excluding hydrogens is 379 g/mol. The first-order valence-electron chi connectivity index (χ1n) is 9.64. The molecule has 0 spiro atoms. The highest BCUT2D eigenvalue weighted by molar-refractivity contribution is 6.30. The van der Waals surface area contributed by atoms with Gasteiger partial charge in [0.25, 0.3) is 0 Å². The SMILES string of the molecule is CCC(NC(=O)C(c1ccc(Cl)cc1)c1ccc(Cl)cc1)N1CCCCC1. The number of amides is 1. The van der Waals surface area contributed by atoms with Crippen LogP contribution in [-0.4, -0.2) is 30.1 Å². The molecule has 144 valence electrons. The molecule has 0 radical (unpaired) electrons. The van der Waals surface area contributed by atoms with Gasteiger partial charge in [-0.1, -0.05) is 60.8 Å². The summed E-state index contributed by atoms with van der Waals surface area (Å²) in [7, 11) is 0. The summed E-state index contributed by atoms with van der Waals surface area (Å²) in [6.07, 6.45) is 4.63. The highest BCUT2D eigenvalue weighted by Crippen LogP contribution is 2.28. The lowest BCUT2D eigenvalue weighted by Crippen LogP contribution is -2.50. The van der Waals surface area contributed by atoms with Crippen molar-refractivity contribution in [1.82, 2.24) is 10.2 Å². The van der Waals surface area contributed by atoms with Crippen molar-refractivity contribution >= 4 is 29.1 Å². The van der Waals surface area contributed by atoms with Crippen LogP contribution in [-0.2, 0) is 4.79 Å². The summed E-state index contributed by atoms with van der Waals surface area (Å²) in [6, 6.07) is 15.0. The second-order valence-corrected chi connectivity index (χ2v) is 7.94. The highest BCUT2D eigenvalue weighted by Gasteiger charge is 2.27. The Morgan fingerprint density at radius 2 is 1.41 bits per heavy atom. The second kappa shape index (κ2) is 9.59. The summed E-state index contributed by atoms with van der Waals surface area (Å²) in [5.41, 5.74) is 1.85. The number of likely N-dealkylation sites (tertiary alicyclic amines) is 1. The van der Waals surface area contributed by atoms with E-state index in [0.717, 1.165) is 30.6 Å². The van der Waals surface area contributed by atoms with E-state index in [0.29, 0.717) is 10.0 Å². The molecule has 1 saturated heterocycles. The fourth-order valence-corrected chi connectivity index (χ4v) is 3.99. The fraction of sp³-hybridized carbons (Fsp3) is 0.409. The first kappa shape index (κ1) is 20.2. The molecule has 1 heterocycles. The van der Waals surface area contributed by atoms with Crippen LogP contribution < -0.4 is 5.32 Å². The van der Waals surface area contributed by atoms with Gasteiger partial charge in [0.2, 0.25) is 5.91 Å². The average molecular weight is 405 g/mol. The molecule has 0 aromatic heterocycles. The topological polar surface area (TPSA) is 32.3 Å². The standard InChI is InChI=1S/C22H26Cl2N2O/c1-2-20(26-14-4-3-5-15-26)25-22(27)21(16-6-10-18(23)11-7-16)17-8-12-19(24)13-9-17/h6-13,20-21H,2-5,14-15H2,1H3,(H,25,27). The molecule has 1 fully saturated rings. The number of carbonyl (C=O) groups excluding carboxylic acids is 1. The zero-order chi connectivity index (χ0) is 19.2. The molecule has 3 rings (SSSR count). The van der Waals surface area contributed by atoms with Crippen molar-refractivity contribution in [2.24, 2.45) is 0 Å². The molecule has 1 N–H and O–H groups in total. The first-order valence-corrected chi connectivity index (χ1v) is 10.4. The van der Waals surface area contributed by atoms with E-state index in [9.17, 15) is 4.79 Å². The van der Waals surface area contributed by atoms with Crippen LogP contribution in [0.3, 0.4) is 0 Å². The molecule has 27 heavy (non-hydrogen) atoms. The molecular formula is C22H26Cl2N2O. The predicted octanol–water partition coefficient (Wildman–Crippen LogP) is 5.46. The van der Waals surface area contributed by atoms with E-state index in [-0.39, 0.29) is 12.1 Å². The third-order valence-corrected chi connectivity index (χ3v) is 5.70. The maximum absolute atomic E-state index is 13.3. The van der Waals surface area contributed by atoms with Gasteiger partial charge in [-0.2, -0.15) is 0 Å². The lowest BCUT2D eigenvalue weighted by atomic mass is 9.90. The van der Waals surface area contributed by atoms with Crippen LogP contribution in [0.15, 0.2) is 48.5 Å². The summed E-state index contributed by atoms with van der Waals surface area (Å²) in [6.45, 7) is 4.22. The van der Waals surface area contributed by atoms with E-state index in [1.165, 1.54) is 19.3 Å². The van der Waals surface area contributed by atoms with Crippen LogP contribution >= 0.6 is 23.2 Å². The van der Waals surface area contributed by atoms with Gasteiger partial charge in [-0.15, -0.1) is 0 Å². The molecule has 0 bridgehead atoms. The molecule has 1 aliphatic rings. The molecule has 3 nitrogen and oxygen atoms in total. The van der Waals surface area contributed by atoms with Crippen molar-refractivity contribution in [2.45, 2.75) is 44.7 Å². The molecule has 1 amide bonds. The molecule has 0 saturated carbocycles. The molecule has 0 aliphatic carbocycles. The third-order valence-electron chi connectivity index (χ3n) is 5.20. The fourth-order valence-electron chi connectivity index (χ4n) is 3.73. The van der Waals surface area contributed by atoms with E-state index >= 15 is 0 Å². The summed E-state index contributed by atoms with van der Waals surface area (Å²) >= 11 is 12.1. The van der Waals surface area contributed by atoms with Gasteiger partial charge in [-0.25, -0.2) is 0 Å². The van der Waals surface area contributed by atoms with Gasteiger partial charge >= 0.3 is 0 Å². The lowest BCUT2D eigenvalue weighted by molar-refractivity contribution is -0.123. The van der Waals surface area contributed by atoms with Crippen molar-refractivity contribution in [3.63, 3.8) is 0 Å². The quantitative estimate of drug-likeness (QED) is 0.692. The van der Waals surface area contributed by atoms with E-state index < -0.39 is 5.92 Å². The maximum Gasteiger partial charge on any atom is 0.233 e. The van der Waals surface area contributed by atoms with Crippen molar-refractivity contribution in [1.29, 1.82) is 0 Å². The maximum atomic E-state index is 13.3. The number of nitrogens with zero attached hydrogens (tertiary/aromatic N) is 1. The van der Waals surface area contributed by atoms with Crippen LogP contribution in [0.25, 0.3) is 0 Å². The number of benzene rings is 2. The number of hydrogen-bond acceptors (Lipinski definition) is 2. The zero-order valence-electron chi connectivity index (χ0n) is 15.6. The number of carbonyl (C=O) groups is 1. The Labute approximate surface area is 171 Å². The van der Waals surface area contributed by atoms with Gasteiger partial charge in [0, 0.05) is 23.1 Å². The Hall–Kier alpha value is -1.55. The summed E-state index contributed by atoms with van der Waals surface area (Å²) in [5.74, 6) is -0.379.